The number of ether oxygens (including phenoxy) is 1. The van der Waals surface area contributed by atoms with Crippen molar-refractivity contribution in [3.63, 3.8) is 0 Å². The summed E-state index contributed by atoms with van der Waals surface area (Å²) in [6, 6.07) is 3.72. The molecule has 1 atom stereocenters. The van der Waals surface area contributed by atoms with Crippen molar-refractivity contribution in [1.29, 1.82) is 0 Å². The quantitative estimate of drug-likeness (QED) is 0.906. The summed E-state index contributed by atoms with van der Waals surface area (Å²) < 4.78 is 11.4. The lowest BCUT2D eigenvalue weighted by Crippen LogP contribution is -2.39. The average molecular weight is 267 g/mol. The van der Waals surface area contributed by atoms with Gasteiger partial charge in [-0.05, 0) is 24.6 Å². The Hall–Kier alpha value is -1.10. The van der Waals surface area contributed by atoms with Crippen LogP contribution in [0.2, 0.25) is 5.02 Å². The van der Waals surface area contributed by atoms with Crippen LogP contribution < -0.4 is 5.32 Å². The third kappa shape index (κ3) is 2.36. The van der Waals surface area contributed by atoms with Crippen molar-refractivity contribution < 1.29 is 9.15 Å². The van der Waals surface area contributed by atoms with E-state index in [1.165, 1.54) is 0 Å². The molecule has 1 N–H and O–H groups in total. The molecule has 4 nitrogen and oxygen atoms in total. The molecule has 0 spiro atoms. The molecule has 1 aromatic carbocycles. The van der Waals surface area contributed by atoms with E-state index in [1.54, 1.807) is 0 Å². The van der Waals surface area contributed by atoms with Gasteiger partial charge in [-0.3, -0.25) is 0 Å². The standard InChI is InChI=1S/C13H15ClN2O2/c1-8-4-9(14)5-11-13(8)18-12(16-11)6-10-7-15-2-3-17-10/h4-5,10,15H,2-3,6-7H2,1H3. The monoisotopic (exact) mass is 266 g/mol. The summed E-state index contributed by atoms with van der Waals surface area (Å²) in [6.07, 6.45) is 0.834. The highest BCUT2D eigenvalue weighted by molar-refractivity contribution is 6.31. The minimum Gasteiger partial charge on any atom is -0.440 e. The van der Waals surface area contributed by atoms with Crippen LogP contribution in [-0.2, 0) is 11.2 Å². The van der Waals surface area contributed by atoms with Crippen molar-refractivity contribution in [1.82, 2.24) is 10.3 Å². The first-order chi connectivity index (χ1) is 8.72. The summed E-state index contributed by atoms with van der Waals surface area (Å²) in [5.41, 5.74) is 2.65. The second-order valence-electron chi connectivity index (χ2n) is 4.58. The predicted molar refractivity (Wildman–Crippen MR) is 70.1 cm³/mol. The Morgan fingerprint density at radius 2 is 2.39 bits per heavy atom. The number of nitrogens with zero attached hydrogens (tertiary/aromatic N) is 1. The van der Waals surface area contributed by atoms with Crippen molar-refractivity contribution in [2.24, 2.45) is 0 Å². The van der Waals surface area contributed by atoms with Gasteiger partial charge in [0.1, 0.15) is 5.52 Å². The summed E-state index contributed by atoms with van der Waals surface area (Å²) >= 11 is 6.01. The third-order valence-corrected chi connectivity index (χ3v) is 3.31. The van der Waals surface area contributed by atoms with Crippen molar-refractivity contribution in [2.45, 2.75) is 19.4 Å². The lowest BCUT2D eigenvalue weighted by Gasteiger charge is -2.22. The van der Waals surface area contributed by atoms with Gasteiger partial charge in [-0.15, -0.1) is 0 Å². The molecule has 1 saturated heterocycles. The largest absolute Gasteiger partial charge is 0.440 e. The molecule has 1 unspecified atom stereocenters. The van der Waals surface area contributed by atoms with Crippen LogP contribution in [0.15, 0.2) is 16.5 Å². The molecule has 2 heterocycles. The van der Waals surface area contributed by atoms with E-state index in [4.69, 9.17) is 20.8 Å². The smallest absolute Gasteiger partial charge is 0.198 e. The zero-order valence-electron chi connectivity index (χ0n) is 10.2. The Morgan fingerprint density at radius 1 is 1.50 bits per heavy atom. The summed E-state index contributed by atoms with van der Waals surface area (Å²) in [6.45, 7) is 4.48. The molecule has 5 heteroatoms. The Bertz CT molecular complexity index is 561. The second kappa shape index (κ2) is 4.88. The Morgan fingerprint density at radius 3 is 3.17 bits per heavy atom. The van der Waals surface area contributed by atoms with E-state index in [1.807, 2.05) is 19.1 Å². The van der Waals surface area contributed by atoms with Gasteiger partial charge >= 0.3 is 0 Å². The zero-order chi connectivity index (χ0) is 12.5. The predicted octanol–water partition coefficient (Wildman–Crippen LogP) is 2.32. The van der Waals surface area contributed by atoms with Crippen LogP contribution in [0.3, 0.4) is 0 Å². The maximum atomic E-state index is 6.01. The van der Waals surface area contributed by atoms with E-state index in [2.05, 4.69) is 10.3 Å². The van der Waals surface area contributed by atoms with Crippen LogP contribution in [0.1, 0.15) is 11.5 Å². The molecule has 0 bridgehead atoms. The van der Waals surface area contributed by atoms with Crippen LogP contribution in [-0.4, -0.2) is 30.8 Å². The molecular formula is C13H15ClN2O2. The first kappa shape index (κ1) is 12.0. The van der Waals surface area contributed by atoms with Crippen LogP contribution in [0.5, 0.6) is 0 Å². The van der Waals surface area contributed by atoms with Crippen molar-refractivity contribution in [2.75, 3.05) is 19.7 Å². The van der Waals surface area contributed by atoms with Crippen LogP contribution in [0.4, 0.5) is 0 Å². The second-order valence-corrected chi connectivity index (χ2v) is 5.02. The number of hydrogen-bond acceptors (Lipinski definition) is 4. The molecule has 0 amide bonds. The maximum absolute atomic E-state index is 6.01. The summed E-state index contributed by atoms with van der Waals surface area (Å²) in [5, 5.41) is 3.98. The highest BCUT2D eigenvalue weighted by Gasteiger charge is 2.18. The molecule has 0 radical (unpaired) electrons. The number of oxazole rings is 1. The van der Waals surface area contributed by atoms with Crippen LogP contribution >= 0.6 is 11.6 Å². The summed E-state index contributed by atoms with van der Waals surface area (Å²) in [7, 11) is 0. The number of aryl methyl sites for hydroxylation is 1. The number of rotatable bonds is 2. The lowest BCUT2D eigenvalue weighted by molar-refractivity contribution is 0.0257. The Balaban J connectivity index is 1.86. The number of halogens is 1. The Labute approximate surface area is 110 Å². The normalized spacial score (nSPS) is 20.4. The molecule has 1 aliphatic rings. The van der Waals surface area contributed by atoms with E-state index < -0.39 is 0 Å². The lowest BCUT2D eigenvalue weighted by atomic mass is 10.2. The molecule has 0 saturated carbocycles. The molecule has 18 heavy (non-hydrogen) atoms. The molecule has 96 valence electrons. The third-order valence-electron chi connectivity index (χ3n) is 3.09. The highest BCUT2D eigenvalue weighted by Crippen LogP contribution is 2.24. The van der Waals surface area contributed by atoms with Gasteiger partial charge in [-0.2, -0.15) is 0 Å². The molecule has 3 rings (SSSR count). The summed E-state index contributed by atoms with van der Waals surface area (Å²) in [5.74, 6) is 0.712. The summed E-state index contributed by atoms with van der Waals surface area (Å²) in [4.78, 5) is 4.47. The Kier molecular flexibility index (Phi) is 3.24. The fourth-order valence-corrected chi connectivity index (χ4v) is 2.50. The minimum absolute atomic E-state index is 0.141. The number of nitrogens with one attached hydrogen (secondary N) is 1. The van der Waals surface area contributed by atoms with Gasteiger partial charge in [0.15, 0.2) is 11.5 Å². The number of fused-ring (bicyclic) bond motifs is 1. The molecule has 1 aliphatic heterocycles. The molecule has 1 aromatic heterocycles. The topological polar surface area (TPSA) is 47.3 Å². The van der Waals surface area contributed by atoms with Crippen LogP contribution in [0.25, 0.3) is 11.1 Å². The van der Waals surface area contributed by atoms with Crippen LogP contribution in [0, 0.1) is 6.92 Å². The minimum atomic E-state index is 0.141. The SMILES string of the molecule is Cc1cc(Cl)cc2nc(CC3CNCCO3)oc12. The van der Waals surface area contributed by atoms with E-state index in [9.17, 15) is 0 Å². The molecule has 0 aliphatic carbocycles. The first-order valence-electron chi connectivity index (χ1n) is 6.10. The van der Waals surface area contributed by atoms with Gasteiger partial charge in [0.25, 0.3) is 0 Å². The molecule has 1 fully saturated rings. The van der Waals surface area contributed by atoms with E-state index in [0.717, 1.165) is 36.4 Å². The van der Waals surface area contributed by atoms with Crippen molar-refractivity contribution >= 4 is 22.7 Å². The average Bonchev–Trinajstić information content (AvgIpc) is 2.73. The van der Waals surface area contributed by atoms with Gasteiger partial charge in [0.2, 0.25) is 0 Å². The van der Waals surface area contributed by atoms with Gasteiger partial charge in [-0.1, -0.05) is 11.6 Å². The van der Waals surface area contributed by atoms with Crippen molar-refractivity contribution in [3.05, 3.63) is 28.6 Å². The number of morpholine rings is 1. The van der Waals surface area contributed by atoms with E-state index >= 15 is 0 Å². The van der Waals surface area contributed by atoms with Gasteiger partial charge in [-0.25, -0.2) is 4.98 Å². The molecular weight excluding hydrogens is 252 g/mol. The van der Waals surface area contributed by atoms with E-state index in [-0.39, 0.29) is 6.10 Å². The highest BCUT2D eigenvalue weighted by atomic mass is 35.5. The van der Waals surface area contributed by atoms with Gasteiger partial charge < -0.3 is 14.5 Å². The molecule has 2 aromatic rings. The fraction of sp³-hybridized carbons (Fsp3) is 0.462. The zero-order valence-corrected chi connectivity index (χ0v) is 11.0. The van der Waals surface area contributed by atoms with Crippen molar-refractivity contribution in [3.8, 4) is 0 Å². The van der Waals surface area contributed by atoms with Gasteiger partial charge in [0.05, 0.1) is 19.1 Å². The fourth-order valence-electron chi connectivity index (χ4n) is 2.24. The number of benzene rings is 1. The first-order valence-corrected chi connectivity index (χ1v) is 6.48. The maximum Gasteiger partial charge on any atom is 0.198 e. The number of hydrogen-bond donors (Lipinski definition) is 1. The number of aromatic nitrogens is 1. The van der Waals surface area contributed by atoms with E-state index in [0.29, 0.717) is 17.3 Å². The van der Waals surface area contributed by atoms with Gasteiger partial charge in [0, 0.05) is 18.1 Å².